The molecule has 0 spiro atoms. The van der Waals surface area contributed by atoms with Crippen LogP contribution in [0.15, 0.2) is 45.7 Å². The van der Waals surface area contributed by atoms with E-state index in [1.807, 2.05) is 31.2 Å². The normalized spacial score (nSPS) is 12.8. The Labute approximate surface area is 154 Å². The molecule has 1 aromatic carbocycles. The summed E-state index contributed by atoms with van der Waals surface area (Å²) in [7, 11) is 0. The van der Waals surface area contributed by atoms with Crippen molar-refractivity contribution in [1.29, 1.82) is 0 Å². The predicted molar refractivity (Wildman–Crippen MR) is 91.3 cm³/mol. The lowest BCUT2D eigenvalue weighted by Gasteiger charge is -2.14. The van der Waals surface area contributed by atoms with Crippen LogP contribution in [0, 0.1) is 0 Å². The fraction of sp³-hybridized carbons (Fsp3) is 0.200. The molecule has 0 radical (unpaired) electrons. The number of hydrogen-bond acceptors (Lipinski definition) is 6. The molecule has 0 fully saturated rings. The maximum Gasteiger partial charge on any atom is 0.400 e. The molecule has 2 aromatic heterocycles. The quantitative estimate of drug-likeness (QED) is 0.589. The van der Waals surface area contributed by atoms with Crippen LogP contribution in [0.1, 0.15) is 24.4 Å². The Kier molecular flexibility index (Phi) is 4.96. The fourth-order valence-electron chi connectivity index (χ4n) is 2.03. The molecule has 0 aliphatic rings. The first-order valence-corrected chi connectivity index (χ1v) is 8.25. The van der Waals surface area contributed by atoms with Crippen molar-refractivity contribution in [2.24, 2.45) is 0 Å². The van der Waals surface area contributed by atoms with E-state index in [9.17, 15) is 8.78 Å². The zero-order valence-corrected chi connectivity index (χ0v) is 15.1. The van der Waals surface area contributed by atoms with E-state index in [-0.39, 0.29) is 11.9 Å². The molecule has 0 saturated heterocycles. The van der Waals surface area contributed by atoms with Crippen LogP contribution >= 0.6 is 27.5 Å². The summed E-state index contributed by atoms with van der Waals surface area (Å²) in [5.74, 6) is -0.667. The molecule has 1 unspecified atom stereocenters. The van der Waals surface area contributed by atoms with Gasteiger partial charge < -0.3 is 9.84 Å². The summed E-state index contributed by atoms with van der Waals surface area (Å²) in [5.41, 5.74) is 1.38. The largest absolute Gasteiger partial charge is 0.400 e. The van der Waals surface area contributed by atoms with Crippen molar-refractivity contribution in [2.75, 3.05) is 5.32 Å². The van der Waals surface area contributed by atoms with E-state index in [1.54, 1.807) is 0 Å². The molecule has 3 rings (SSSR count). The van der Waals surface area contributed by atoms with Gasteiger partial charge in [0.1, 0.15) is 0 Å². The van der Waals surface area contributed by atoms with Crippen molar-refractivity contribution in [3.63, 3.8) is 0 Å². The highest BCUT2D eigenvalue weighted by Crippen LogP contribution is 2.32. The third kappa shape index (κ3) is 4.29. The second kappa shape index (κ2) is 7.01. The van der Waals surface area contributed by atoms with Crippen LogP contribution in [0.4, 0.5) is 14.7 Å². The number of hydrogen-bond donors (Lipinski definition) is 1. The van der Waals surface area contributed by atoms with Gasteiger partial charge in [-0.3, -0.25) is 0 Å². The Morgan fingerprint density at radius 1 is 1.28 bits per heavy atom. The van der Waals surface area contributed by atoms with Crippen molar-refractivity contribution < 1.29 is 13.3 Å². The van der Waals surface area contributed by atoms with Gasteiger partial charge in [-0.2, -0.15) is 13.8 Å². The number of benzene rings is 1. The van der Waals surface area contributed by atoms with Gasteiger partial charge in [0, 0.05) is 16.9 Å². The van der Waals surface area contributed by atoms with E-state index >= 15 is 0 Å². The molecule has 1 atom stereocenters. The van der Waals surface area contributed by atoms with Gasteiger partial charge in [0.25, 0.3) is 0 Å². The lowest BCUT2D eigenvalue weighted by Crippen LogP contribution is -2.09. The van der Waals surface area contributed by atoms with Gasteiger partial charge in [-0.05, 0) is 36.2 Å². The molecule has 0 aliphatic heterocycles. The van der Waals surface area contributed by atoms with Crippen molar-refractivity contribution in [2.45, 2.75) is 18.3 Å². The minimum Gasteiger partial charge on any atom is -0.348 e. The molecular weight excluding hydrogens is 420 g/mol. The maximum atomic E-state index is 12.9. The SMILES string of the molecule is CC(Nc1ncc(-c2noc(C(F)(F)Cl)n2)cn1)c1cccc(Br)c1. The number of halogens is 4. The highest BCUT2D eigenvalue weighted by atomic mass is 79.9. The van der Waals surface area contributed by atoms with E-state index in [1.165, 1.54) is 12.4 Å². The Morgan fingerprint density at radius 2 is 2.00 bits per heavy atom. The van der Waals surface area contributed by atoms with E-state index in [0.29, 0.717) is 11.5 Å². The summed E-state index contributed by atoms with van der Waals surface area (Å²) in [6.45, 7) is 1.97. The van der Waals surface area contributed by atoms with Gasteiger partial charge in [0.05, 0.1) is 11.6 Å². The van der Waals surface area contributed by atoms with Crippen molar-refractivity contribution in [3.8, 4) is 11.4 Å². The Bertz CT molecular complexity index is 869. The molecule has 130 valence electrons. The second-order valence-electron chi connectivity index (χ2n) is 5.14. The molecule has 6 nitrogen and oxygen atoms in total. The van der Waals surface area contributed by atoms with Gasteiger partial charge in [-0.1, -0.05) is 33.2 Å². The first-order valence-electron chi connectivity index (χ1n) is 7.08. The lowest BCUT2D eigenvalue weighted by atomic mass is 10.1. The van der Waals surface area contributed by atoms with Gasteiger partial charge in [-0.15, -0.1) is 0 Å². The Morgan fingerprint density at radius 3 is 2.60 bits per heavy atom. The molecule has 25 heavy (non-hydrogen) atoms. The van der Waals surface area contributed by atoms with E-state index in [0.717, 1.165) is 10.0 Å². The monoisotopic (exact) mass is 429 g/mol. The van der Waals surface area contributed by atoms with Gasteiger partial charge in [0.15, 0.2) is 0 Å². The van der Waals surface area contributed by atoms with Crippen LogP contribution < -0.4 is 5.32 Å². The Hall–Kier alpha value is -2.13. The summed E-state index contributed by atoms with van der Waals surface area (Å²) in [5, 5.41) is 2.87. The minimum absolute atomic E-state index is 0.0323. The van der Waals surface area contributed by atoms with Gasteiger partial charge in [0.2, 0.25) is 11.8 Å². The van der Waals surface area contributed by atoms with Crippen molar-refractivity contribution in [3.05, 3.63) is 52.6 Å². The van der Waals surface area contributed by atoms with Crippen LogP contribution in [0.5, 0.6) is 0 Å². The molecule has 0 aliphatic carbocycles. The zero-order valence-electron chi connectivity index (χ0n) is 12.8. The number of nitrogens with zero attached hydrogens (tertiary/aromatic N) is 4. The summed E-state index contributed by atoms with van der Waals surface area (Å²) in [6.07, 6.45) is 2.81. The van der Waals surface area contributed by atoms with E-state index < -0.39 is 11.3 Å². The van der Waals surface area contributed by atoms with Crippen molar-refractivity contribution >= 4 is 33.5 Å². The zero-order chi connectivity index (χ0) is 18.0. The molecule has 0 amide bonds. The first-order chi connectivity index (χ1) is 11.8. The molecular formula is C15H11BrClF2N5O. The minimum atomic E-state index is -3.72. The third-order valence-electron chi connectivity index (χ3n) is 3.27. The second-order valence-corrected chi connectivity index (χ2v) is 6.53. The average molecular weight is 431 g/mol. The highest BCUT2D eigenvalue weighted by molar-refractivity contribution is 9.10. The van der Waals surface area contributed by atoms with Gasteiger partial charge >= 0.3 is 11.3 Å². The number of aromatic nitrogens is 4. The molecule has 3 aromatic rings. The number of alkyl halides is 3. The number of anilines is 1. The van der Waals surface area contributed by atoms with E-state index in [4.69, 9.17) is 11.6 Å². The topological polar surface area (TPSA) is 76.7 Å². The summed E-state index contributed by atoms with van der Waals surface area (Å²) < 4.78 is 31.2. The van der Waals surface area contributed by atoms with Crippen LogP contribution in [0.25, 0.3) is 11.4 Å². The highest BCUT2D eigenvalue weighted by Gasteiger charge is 2.35. The van der Waals surface area contributed by atoms with Crippen molar-refractivity contribution in [1.82, 2.24) is 20.1 Å². The average Bonchev–Trinajstić information content (AvgIpc) is 3.06. The van der Waals surface area contributed by atoms with Crippen LogP contribution in [0.3, 0.4) is 0 Å². The number of nitrogens with one attached hydrogen (secondary N) is 1. The third-order valence-corrected chi connectivity index (χ3v) is 3.93. The van der Waals surface area contributed by atoms with Crippen LogP contribution in [-0.2, 0) is 5.38 Å². The summed E-state index contributed by atoms with van der Waals surface area (Å²) in [4.78, 5) is 11.8. The first kappa shape index (κ1) is 17.7. The molecule has 1 N–H and O–H groups in total. The number of rotatable bonds is 5. The van der Waals surface area contributed by atoms with Gasteiger partial charge in [-0.25, -0.2) is 9.97 Å². The smallest absolute Gasteiger partial charge is 0.348 e. The predicted octanol–water partition coefficient (Wildman–Crippen LogP) is 4.75. The molecule has 10 heteroatoms. The fourth-order valence-corrected chi connectivity index (χ4v) is 2.52. The standard InChI is InChI=1S/C15H11BrClF2N5O/c1-8(9-3-2-4-11(16)5-9)22-14-20-6-10(7-21-14)12-23-13(25-24-12)15(17,18)19/h2-8H,1H3,(H,20,21,22). The molecule has 2 heterocycles. The Balaban J connectivity index is 1.73. The lowest BCUT2D eigenvalue weighted by molar-refractivity contribution is 0.0551. The summed E-state index contributed by atoms with van der Waals surface area (Å²) in [6, 6.07) is 7.80. The molecule has 0 saturated carbocycles. The molecule has 0 bridgehead atoms. The van der Waals surface area contributed by atoms with Crippen LogP contribution in [0.2, 0.25) is 0 Å². The maximum absolute atomic E-state index is 12.9. The summed E-state index contributed by atoms with van der Waals surface area (Å²) >= 11 is 8.26. The van der Waals surface area contributed by atoms with Crippen LogP contribution in [-0.4, -0.2) is 20.1 Å². The van der Waals surface area contributed by atoms with E-state index in [2.05, 4.69) is 45.9 Å².